The van der Waals surface area contributed by atoms with E-state index in [1.807, 2.05) is 6.92 Å². The Hall–Kier alpha value is -1.92. The van der Waals surface area contributed by atoms with Crippen LogP contribution in [0.3, 0.4) is 0 Å². The van der Waals surface area contributed by atoms with Crippen LogP contribution in [0.2, 0.25) is 0 Å². The van der Waals surface area contributed by atoms with Gasteiger partial charge in [0.2, 0.25) is 0 Å². The predicted octanol–water partition coefficient (Wildman–Crippen LogP) is 0.204. The van der Waals surface area contributed by atoms with Crippen LogP contribution in [-0.4, -0.2) is 42.1 Å². The molecule has 0 saturated heterocycles. The van der Waals surface area contributed by atoms with E-state index in [1.165, 1.54) is 6.07 Å². The fourth-order valence-corrected chi connectivity index (χ4v) is 1.70. The number of benzene rings is 1. The molecule has 1 aromatic rings. The van der Waals surface area contributed by atoms with E-state index in [1.54, 1.807) is 12.1 Å². The second kappa shape index (κ2) is 7.50. The highest BCUT2D eigenvalue weighted by Gasteiger charge is 2.22. The van der Waals surface area contributed by atoms with Gasteiger partial charge in [-0.1, -0.05) is 17.7 Å². The van der Waals surface area contributed by atoms with Crippen molar-refractivity contribution in [2.45, 2.75) is 13.0 Å². The van der Waals surface area contributed by atoms with E-state index in [4.69, 9.17) is 0 Å². The van der Waals surface area contributed by atoms with Crippen molar-refractivity contribution < 1.29 is 19.8 Å². The first-order valence-electron chi connectivity index (χ1n) is 5.96. The number of rotatable bonds is 8. The summed E-state index contributed by atoms with van der Waals surface area (Å²) in [7, 11) is 0. The van der Waals surface area contributed by atoms with Crippen molar-refractivity contribution in [3.63, 3.8) is 0 Å². The molecule has 0 aromatic heterocycles. The highest BCUT2D eigenvalue weighted by molar-refractivity contribution is 5.76. The summed E-state index contributed by atoms with van der Waals surface area (Å²) < 4.78 is 0. The van der Waals surface area contributed by atoms with Crippen molar-refractivity contribution in [1.29, 1.82) is 0 Å². The molecule has 4 N–H and O–H groups in total. The Kier molecular flexibility index (Phi) is 5.98. The molecule has 0 bridgehead atoms. The van der Waals surface area contributed by atoms with Gasteiger partial charge < -0.3 is 20.3 Å². The van der Waals surface area contributed by atoms with Gasteiger partial charge >= 0.3 is 5.97 Å². The van der Waals surface area contributed by atoms with E-state index in [0.717, 1.165) is 11.8 Å². The Balaban J connectivity index is 2.69. The second-order valence-corrected chi connectivity index (χ2v) is 4.16. The summed E-state index contributed by atoms with van der Waals surface area (Å²) in [5, 5.41) is 24.6. The van der Waals surface area contributed by atoms with Gasteiger partial charge in [0.05, 0.1) is 6.54 Å². The first-order chi connectivity index (χ1) is 9.06. The number of aromatic hydroxyl groups is 1. The van der Waals surface area contributed by atoms with Gasteiger partial charge in [0.25, 0.3) is 0 Å². The number of hydrogen-bond acceptors (Lipinski definition) is 5. The molecule has 104 valence electrons. The fourth-order valence-electron chi connectivity index (χ4n) is 1.70. The van der Waals surface area contributed by atoms with Gasteiger partial charge in [0.15, 0.2) is 0 Å². The third-order valence-electron chi connectivity index (χ3n) is 2.62. The summed E-state index contributed by atoms with van der Waals surface area (Å²) in [6.45, 7) is 2.90. The number of phenols is 1. The highest BCUT2D eigenvalue weighted by atomic mass is 16.4. The molecule has 0 aliphatic heterocycles. The predicted molar refractivity (Wildman–Crippen MR) is 70.2 cm³/mol. The van der Waals surface area contributed by atoms with Crippen molar-refractivity contribution in [2.75, 3.05) is 19.6 Å². The summed E-state index contributed by atoms with van der Waals surface area (Å²) in [6, 6.07) is 3.86. The quantitative estimate of drug-likeness (QED) is 0.396. The lowest BCUT2D eigenvalue weighted by molar-refractivity contribution is -0.139. The summed E-state index contributed by atoms with van der Waals surface area (Å²) in [4.78, 5) is 21.3. The fraction of sp³-hybridized carbons (Fsp3) is 0.385. The molecule has 0 heterocycles. The van der Waals surface area contributed by atoms with Crippen LogP contribution in [0.25, 0.3) is 0 Å². The standard InChI is InChI=1S/C13H18N2O4/c1-9-2-3-11(17)10(8-9)12(13(18)19)15-5-4-14-6-7-16/h2-3,7-8,12,14-15,17H,4-6H2,1H3,(H,18,19). The largest absolute Gasteiger partial charge is 0.508 e. The summed E-state index contributed by atoms with van der Waals surface area (Å²) >= 11 is 0. The van der Waals surface area contributed by atoms with Gasteiger partial charge in [0, 0.05) is 18.7 Å². The molecular formula is C13H18N2O4. The van der Waals surface area contributed by atoms with Crippen LogP contribution in [0.4, 0.5) is 0 Å². The number of phenolic OH excluding ortho intramolecular Hbond substituents is 1. The molecule has 6 heteroatoms. The molecule has 1 rings (SSSR count). The van der Waals surface area contributed by atoms with Crippen molar-refractivity contribution in [2.24, 2.45) is 0 Å². The maximum absolute atomic E-state index is 11.2. The lowest BCUT2D eigenvalue weighted by atomic mass is 10.0. The van der Waals surface area contributed by atoms with Crippen LogP contribution in [0.15, 0.2) is 18.2 Å². The molecule has 1 aromatic carbocycles. The number of aliphatic carboxylic acids is 1. The third kappa shape index (κ3) is 4.69. The molecule has 0 aliphatic carbocycles. The van der Waals surface area contributed by atoms with E-state index < -0.39 is 12.0 Å². The average molecular weight is 266 g/mol. The van der Waals surface area contributed by atoms with E-state index >= 15 is 0 Å². The van der Waals surface area contributed by atoms with Gasteiger partial charge in [-0.3, -0.25) is 10.1 Å². The number of nitrogens with one attached hydrogen (secondary N) is 2. The average Bonchev–Trinajstić information content (AvgIpc) is 2.37. The van der Waals surface area contributed by atoms with Gasteiger partial charge in [0.1, 0.15) is 18.1 Å². The van der Waals surface area contributed by atoms with Crippen LogP contribution in [-0.2, 0) is 9.59 Å². The van der Waals surface area contributed by atoms with E-state index in [9.17, 15) is 19.8 Å². The number of carboxylic acids is 1. The molecule has 0 fully saturated rings. The van der Waals surface area contributed by atoms with Crippen LogP contribution >= 0.6 is 0 Å². The number of carboxylic acid groups (broad SMARTS) is 1. The SMILES string of the molecule is Cc1ccc(O)c(C(NCCNCC=O)C(=O)O)c1. The monoisotopic (exact) mass is 266 g/mol. The van der Waals surface area contributed by atoms with Gasteiger partial charge in [-0.15, -0.1) is 0 Å². The molecular weight excluding hydrogens is 248 g/mol. The lowest BCUT2D eigenvalue weighted by Crippen LogP contribution is -2.34. The van der Waals surface area contributed by atoms with Gasteiger partial charge in [-0.25, -0.2) is 0 Å². The Morgan fingerprint density at radius 1 is 1.42 bits per heavy atom. The zero-order valence-corrected chi connectivity index (χ0v) is 10.7. The smallest absolute Gasteiger partial charge is 0.325 e. The summed E-state index contributed by atoms with van der Waals surface area (Å²) in [6.07, 6.45) is 0.737. The molecule has 1 atom stereocenters. The molecule has 1 unspecified atom stereocenters. The van der Waals surface area contributed by atoms with Crippen LogP contribution in [0, 0.1) is 6.92 Å². The van der Waals surface area contributed by atoms with Crippen molar-refractivity contribution in [3.05, 3.63) is 29.3 Å². The minimum atomic E-state index is -1.06. The number of hydrogen-bond donors (Lipinski definition) is 4. The second-order valence-electron chi connectivity index (χ2n) is 4.16. The van der Waals surface area contributed by atoms with Crippen molar-refractivity contribution >= 4 is 12.3 Å². The zero-order valence-electron chi connectivity index (χ0n) is 10.7. The van der Waals surface area contributed by atoms with E-state index in [-0.39, 0.29) is 12.3 Å². The summed E-state index contributed by atoms with van der Waals surface area (Å²) in [5.41, 5.74) is 1.21. The number of carbonyl (C=O) groups excluding carboxylic acids is 1. The van der Waals surface area contributed by atoms with Crippen LogP contribution in [0.1, 0.15) is 17.2 Å². The number of carbonyl (C=O) groups is 2. The lowest BCUT2D eigenvalue weighted by Gasteiger charge is -2.16. The molecule has 6 nitrogen and oxygen atoms in total. The maximum atomic E-state index is 11.2. The molecule has 19 heavy (non-hydrogen) atoms. The highest BCUT2D eigenvalue weighted by Crippen LogP contribution is 2.25. The van der Waals surface area contributed by atoms with Crippen molar-refractivity contribution in [1.82, 2.24) is 10.6 Å². The van der Waals surface area contributed by atoms with Gasteiger partial charge in [-0.2, -0.15) is 0 Å². The Bertz CT molecular complexity index is 448. The molecule has 0 amide bonds. The molecule has 0 radical (unpaired) electrons. The first kappa shape index (κ1) is 15.1. The molecule has 0 aliphatic rings. The first-order valence-corrected chi connectivity index (χ1v) is 5.96. The van der Waals surface area contributed by atoms with Crippen molar-refractivity contribution in [3.8, 4) is 5.75 Å². The van der Waals surface area contributed by atoms with Gasteiger partial charge in [-0.05, 0) is 13.0 Å². The number of aryl methyl sites for hydroxylation is 1. The zero-order chi connectivity index (χ0) is 14.3. The Labute approximate surface area is 111 Å². The molecule has 0 spiro atoms. The number of aldehydes is 1. The molecule has 0 saturated carbocycles. The third-order valence-corrected chi connectivity index (χ3v) is 2.62. The summed E-state index contributed by atoms with van der Waals surface area (Å²) in [5.74, 6) is -1.11. The normalized spacial score (nSPS) is 12.1. The Morgan fingerprint density at radius 2 is 2.16 bits per heavy atom. The van der Waals surface area contributed by atoms with E-state index in [2.05, 4.69) is 10.6 Å². The van der Waals surface area contributed by atoms with Crippen LogP contribution < -0.4 is 10.6 Å². The minimum Gasteiger partial charge on any atom is -0.508 e. The van der Waals surface area contributed by atoms with Crippen LogP contribution in [0.5, 0.6) is 5.75 Å². The minimum absolute atomic E-state index is 0.0497. The van der Waals surface area contributed by atoms with E-state index in [0.29, 0.717) is 18.7 Å². The maximum Gasteiger partial charge on any atom is 0.325 e. The topological polar surface area (TPSA) is 98.7 Å². The Morgan fingerprint density at radius 3 is 2.79 bits per heavy atom.